The van der Waals surface area contributed by atoms with Gasteiger partial charge in [-0.2, -0.15) is 0 Å². The Balaban J connectivity index is 2.48. The van der Waals surface area contributed by atoms with Crippen LogP contribution in [0.15, 0.2) is 0 Å². The highest BCUT2D eigenvalue weighted by Crippen LogP contribution is 2.31. The number of rotatable bonds is 2. The zero-order valence-electron chi connectivity index (χ0n) is 7.11. The molecule has 1 N–H and O–H groups in total. The van der Waals surface area contributed by atoms with Gasteiger partial charge >= 0.3 is 0 Å². The number of hydrogen-bond donors (Lipinski definition) is 1. The normalized spacial score (nSPS) is 40.5. The van der Waals surface area contributed by atoms with E-state index in [4.69, 9.17) is 4.84 Å². The molecule has 60 valence electrons. The second kappa shape index (κ2) is 3.03. The van der Waals surface area contributed by atoms with Gasteiger partial charge in [-0.15, -0.1) is 0 Å². The van der Waals surface area contributed by atoms with Crippen molar-refractivity contribution in [2.45, 2.75) is 37.6 Å². The van der Waals surface area contributed by atoms with Gasteiger partial charge in [-0.1, -0.05) is 19.0 Å². The lowest BCUT2D eigenvalue weighted by molar-refractivity contribution is -0.0350. The van der Waals surface area contributed by atoms with Crippen molar-refractivity contribution in [3.8, 4) is 0 Å². The number of hydrogen-bond acceptors (Lipinski definition) is 2. The van der Waals surface area contributed by atoms with Crippen molar-refractivity contribution in [2.75, 3.05) is 7.05 Å². The molecule has 0 saturated carbocycles. The Morgan fingerprint density at radius 2 is 2.30 bits per heavy atom. The van der Waals surface area contributed by atoms with E-state index in [1.165, 1.54) is 18.9 Å². The highest BCUT2D eigenvalue weighted by molar-refractivity contribution is 6.61. The first kappa shape index (κ1) is 8.24. The van der Waals surface area contributed by atoms with Crippen molar-refractivity contribution in [3.63, 3.8) is 0 Å². The van der Waals surface area contributed by atoms with E-state index < -0.39 is 8.80 Å². The highest BCUT2D eigenvalue weighted by atomic mass is 28.3. The van der Waals surface area contributed by atoms with Gasteiger partial charge in [-0.05, 0) is 13.3 Å². The van der Waals surface area contributed by atoms with Gasteiger partial charge in [0, 0.05) is 7.05 Å². The predicted octanol–water partition coefficient (Wildman–Crippen LogP) is 1.09. The van der Waals surface area contributed by atoms with Crippen LogP contribution in [0.3, 0.4) is 0 Å². The molecule has 1 fully saturated rings. The van der Waals surface area contributed by atoms with E-state index in [-0.39, 0.29) is 5.22 Å². The number of nitrogens with one attached hydrogen (secondary N) is 1. The molecule has 0 amide bonds. The van der Waals surface area contributed by atoms with E-state index in [2.05, 4.69) is 19.0 Å². The molecule has 10 heavy (non-hydrogen) atoms. The maximum Gasteiger partial charge on any atom is 0.0748 e. The van der Waals surface area contributed by atoms with Crippen LogP contribution in [0.25, 0.3) is 0 Å². The fourth-order valence-corrected chi connectivity index (χ4v) is 4.14. The summed E-state index contributed by atoms with van der Waals surface area (Å²) < 4.78 is 0. The van der Waals surface area contributed by atoms with Crippen LogP contribution >= 0.6 is 0 Å². The van der Waals surface area contributed by atoms with Crippen LogP contribution in [0, 0.1) is 0 Å². The third-order valence-electron chi connectivity index (χ3n) is 2.69. The van der Waals surface area contributed by atoms with Crippen LogP contribution in [-0.2, 0) is 4.84 Å². The second-order valence-electron chi connectivity index (χ2n) is 3.41. The minimum absolute atomic E-state index is 0.231. The van der Waals surface area contributed by atoms with Crippen LogP contribution in [0.5, 0.6) is 0 Å². The van der Waals surface area contributed by atoms with Gasteiger partial charge in [0.2, 0.25) is 0 Å². The zero-order chi connectivity index (χ0) is 7.61. The summed E-state index contributed by atoms with van der Waals surface area (Å²) >= 11 is 0. The maximum atomic E-state index is 5.51. The Morgan fingerprint density at radius 3 is 2.70 bits per heavy atom. The van der Waals surface area contributed by atoms with E-state index in [0.29, 0.717) is 0 Å². The summed E-state index contributed by atoms with van der Waals surface area (Å²) in [7, 11) is 1.27. The van der Waals surface area contributed by atoms with Crippen molar-refractivity contribution >= 4 is 8.80 Å². The molecule has 0 aromatic rings. The molecule has 0 aromatic carbocycles. The molecule has 0 bridgehead atoms. The molecule has 0 aromatic heterocycles. The lowest BCUT2D eigenvalue weighted by Gasteiger charge is -2.27. The van der Waals surface area contributed by atoms with E-state index >= 15 is 0 Å². The molecule has 1 aliphatic heterocycles. The molecular formula is C7H17NOSi. The lowest BCUT2D eigenvalue weighted by atomic mass is 10.2. The smallest absolute Gasteiger partial charge is 0.0748 e. The van der Waals surface area contributed by atoms with Crippen molar-refractivity contribution < 1.29 is 4.84 Å². The largest absolute Gasteiger partial charge is 0.300 e. The van der Waals surface area contributed by atoms with Crippen LogP contribution in [0.1, 0.15) is 19.8 Å². The average Bonchev–Trinajstić information content (AvgIpc) is 2.15. The summed E-state index contributed by atoms with van der Waals surface area (Å²) in [6, 6.07) is 1.44. The number of hydroxylamine groups is 1. The first-order valence-electron chi connectivity index (χ1n) is 4.04. The molecule has 3 heteroatoms. The highest BCUT2D eigenvalue weighted by Gasteiger charge is 2.37. The minimum atomic E-state index is -0.582. The second-order valence-corrected chi connectivity index (χ2v) is 7.01. The van der Waals surface area contributed by atoms with Gasteiger partial charge in [-0.25, -0.2) is 5.48 Å². The molecule has 2 unspecified atom stereocenters. The topological polar surface area (TPSA) is 21.3 Å². The van der Waals surface area contributed by atoms with E-state index in [0.717, 1.165) is 0 Å². The first-order valence-corrected chi connectivity index (χ1v) is 6.58. The molecule has 1 rings (SSSR count). The molecule has 2 nitrogen and oxygen atoms in total. The van der Waals surface area contributed by atoms with E-state index in [1.54, 1.807) is 0 Å². The molecule has 2 atom stereocenters. The molecule has 1 aliphatic rings. The molecular weight excluding hydrogens is 142 g/mol. The van der Waals surface area contributed by atoms with Crippen molar-refractivity contribution in [1.82, 2.24) is 5.48 Å². The molecule has 1 saturated heterocycles. The Kier molecular flexibility index (Phi) is 2.49. The molecule has 1 heterocycles. The predicted molar refractivity (Wildman–Crippen MR) is 45.6 cm³/mol. The summed E-state index contributed by atoms with van der Waals surface area (Å²) in [5.41, 5.74) is 2.82. The van der Waals surface area contributed by atoms with Crippen molar-refractivity contribution in [2.24, 2.45) is 0 Å². The summed E-state index contributed by atoms with van der Waals surface area (Å²) in [5.74, 6) is 0. The van der Waals surface area contributed by atoms with Gasteiger partial charge in [0.05, 0.1) is 14.0 Å². The molecule has 0 radical (unpaired) electrons. The lowest BCUT2D eigenvalue weighted by Crippen LogP contribution is -2.42. The van der Waals surface area contributed by atoms with Gasteiger partial charge in [0.1, 0.15) is 0 Å². The summed E-state index contributed by atoms with van der Waals surface area (Å²) in [4.78, 5) is 5.51. The molecule has 0 spiro atoms. The van der Waals surface area contributed by atoms with E-state index in [9.17, 15) is 0 Å². The van der Waals surface area contributed by atoms with Crippen LogP contribution in [0.4, 0.5) is 0 Å². The Morgan fingerprint density at radius 1 is 1.60 bits per heavy atom. The van der Waals surface area contributed by atoms with Crippen LogP contribution < -0.4 is 5.48 Å². The standard InChI is InChI=1S/C7H17NOSi/c1-7(9-8-2)5-4-6-10(7)3/h8,10H,4-6H2,1-3H3. The quantitative estimate of drug-likeness (QED) is 0.481. The third-order valence-corrected chi connectivity index (χ3v) is 6.45. The molecule has 0 aliphatic carbocycles. The van der Waals surface area contributed by atoms with E-state index in [1.807, 2.05) is 7.05 Å². The summed E-state index contributed by atoms with van der Waals surface area (Å²) in [6.45, 7) is 4.64. The van der Waals surface area contributed by atoms with Crippen molar-refractivity contribution in [1.29, 1.82) is 0 Å². The van der Waals surface area contributed by atoms with Crippen LogP contribution in [-0.4, -0.2) is 21.1 Å². The Labute approximate surface area is 64.5 Å². The maximum absolute atomic E-state index is 5.51. The van der Waals surface area contributed by atoms with Crippen LogP contribution in [0.2, 0.25) is 12.6 Å². The third kappa shape index (κ3) is 1.41. The van der Waals surface area contributed by atoms with Gasteiger partial charge in [-0.3, -0.25) is 4.84 Å². The SMILES string of the molecule is CNOC1(C)CCC[SiH]1C. The Hall–Kier alpha value is 0.137. The summed E-state index contributed by atoms with van der Waals surface area (Å²) in [6.07, 6.45) is 2.62. The average molecular weight is 159 g/mol. The van der Waals surface area contributed by atoms with Crippen molar-refractivity contribution in [3.05, 3.63) is 0 Å². The fraction of sp³-hybridized carbons (Fsp3) is 1.00. The summed E-state index contributed by atoms with van der Waals surface area (Å²) in [5, 5.41) is 0.231. The minimum Gasteiger partial charge on any atom is -0.300 e. The van der Waals surface area contributed by atoms with Gasteiger partial charge in [0.25, 0.3) is 0 Å². The Bertz CT molecular complexity index is 120. The van der Waals surface area contributed by atoms with Gasteiger partial charge < -0.3 is 0 Å². The monoisotopic (exact) mass is 159 g/mol. The fourth-order valence-electron chi connectivity index (χ4n) is 1.70. The first-order chi connectivity index (χ1) is 4.69. The van der Waals surface area contributed by atoms with Gasteiger partial charge in [0.15, 0.2) is 0 Å². The zero-order valence-corrected chi connectivity index (χ0v) is 8.26.